The van der Waals surface area contributed by atoms with Gasteiger partial charge in [0.1, 0.15) is 0 Å². The Morgan fingerprint density at radius 3 is 2.80 bits per heavy atom. The van der Waals surface area contributed by atoms with Gasteiger partial charge in [0.2, 0.25) is 0 Å². The van der Waals surface area contributed by atoms with Crippen molar-refractivity contribution in [2.24, 2.45) is 5.73 Å². The molecule has 1 fully saturated rings. The highest BCUT2D eigenvalue weighted by Gasteiger charge is 2.27. The number of nitrogens with zero attached hydrogens (tertiary/aromatic N) is 1. The van der Waals surface area contributed by atoms with E-state index in [1.165, 1.54) is 0 Å². The molecule has 1 aromatic carbocycles. The topological polar surface area (TPSA) is 72.6 Å². The fraction of sp³-hybridized carbons (Fsp3) is 0.571. The van der Waals surface area contributed by atoms with E-state index in [0.29, 0.717) is 24.6 Å². The zero-order chi connectivity index (χ0) is 14.8. The number of para-hydroxylation sites is 1. The van der Waals surface area contributed by atoms with Crippen LogP contribution in [0.5, 0.6) is 0 Å². The van der Waals surface area contributed by atoms with Crippen LogP contribution in [-0.2, 0) is 14.6 Å². The normalized spacial score (nSPS) is 21.8. The minimum absolute atomic E-state index is 0.0684. The standard InChI is InChI=1S/C14H22N2O3S/c1-3-20(17,18)14-7-5-4-6-12(14)16-8-9-19-13(10-16)11(2)15/h4-7,11,13H,3,8-10,15H2,1-2H3. The lowest BCUT2D eigenvalue weighted by molar-refractivity contribution is 0.0274. The maximum atomic E-state index is 12.2. The van der Waals surface area contributed by atoms with Crippen molar-refractivity contribution in [3.05, 3.63) is 24.3 Å². The summed E-state index contributed by atoms with van der Waals surface area (Å²) < 4.78 is 30.0. The number of morpholine rings is 1. The summed E-state index contributed by atoms with van der Waals surface area (Å²) in [6.07, 6.45) is -0.0684. The molecule has 0 bridgehead atoms. The van der Waals surface area contributed by atoms with Crippen LogP contribution < -0.4 is 10.6 Å². The highest BCUT2D eigenvalue weighted by atomic mass is 32.2. The van der Waals surface area contributed by atoms with Crippen LogP contribution in [0.15, 0.2) is 29.2 Å². The quantitative estimate of drug-likeness (QED) is 0.899. The van der Waals surface area contributed by atoms with E-state index in [9.17, 15) is 8.42 Å². The molecular weight excluding hydrogens is 276 g/mol. The molecule has 0 spiro atoms. The number of nitrogens with two attached hydrogens (primary N) is 1. The fourth-order valence-electron chi connectivity index (χ4n) is 2.35. The zero-order valence-electron chi connectivity index (χ0n) is 12.0. The summed E-state index contributed by atoms with van der Waals surface area (Å²) >= 11 is 0. The molecule has 1 aliphatic heterocycles. The molecule has 112 valence electrons. The first-order chi connectivity index (χ1) is 9.45. The number of ether oxygens (including phenoxy) is 1. The SMILES string of the molecule is CCS(=O)(=O)c1ccccc1N1CCOC(C(C)N)C1. The van der Waals surface area contributed by atoms with Gasteiger partial charge in [0.25, 0.3) is 0 Å². The first-order valence-electron chi connectivity index (χ1n) is 6.89. The molecule has 1 aromatic rings. The van der Waals surface area contributed by atoms with E-state index in [1.54, 1.807) is 19.1 Å². The predicted octanol–water partition coefficient (Wildman–Crippen LogP) is 1.03. The summed E-state index contributed by atoms with van der Waals surface area (Å²) in [5.74, 6) is 0.102. The van der Waals surface area contributed by atoms with Gasteiger partial charge in [0.15, 0.2) is 9.84 Å². The number of benzene rings is 1. The molecule has 2 atom stereocenters. The third-order valence-electron chi connectivity index (χ3n) is 3.60. The van der Waals surface area contributed by atoms with Gasteiger partial charge in [-0.05, 0) is 19.1 Å². The summed E-state index contributed by atoms with van der Waals surface area (Å²) in [6.45, 7) is 5.43. The predicted molar refractivity (Wildman–Crippen MR) is 79.8 cm³/mol. The second-order valence-electron chi connectivity index (χ2n) is 5.09. The molecule has 2 unspecified atom stereocenters. The number of sulfone groups is 1. The lowest BCUT2D eigenvalue weighted by Crippen LogP contribution is -2.49. The van der Waals surface area contributed by atoms with Gasteiger partial charge in [-0.15, -0.1) is 0 Å². The molecule has 0 aromatic heterocycles. The van der Waals surface area contributed by atoms with Crippen molar-refractivity contribution in [2.75, 3.05) is 30.3 Å². The summed E-state index contributed by atoms with van der Waals surface area (Å²) in [5.41, 5.74) is 6.64. The van der Waals surface area contributed by atoms with Crippen molar-refractivity contribution in [3.63, 3.8) is 0 Å². The van der Waals surface area contributed by atoms with Gasteiger partial charge in [-0.25, -0.2) is 8.42 Å². The van der Waals surface area contributed by atoms with Crippen LogP contribution in [0, 0.1) is 0 Å². The van der Waals surface area contributed by atoms with Gasteiger partial charge in [-0.2, -0.15) is 0 Å². The molecule has 1 aliphatic rings. The minimum atomic E-state index is -3.23. The van der Waals surface area contributed by atoms with Crippen LogP contribution in [0.1, 0.15) is 13.8 Å². The molecule has 20 heavy (non-hydrogen) atoms. The Bertz CT molecular complexity index is 557. The van der Waals surface area contributed by atoms with Gasteiger partial charge in [0, 0.05) is 19.1 Å². The number of anilines is 1. The van der Waals surface area contributed by atoms with Crippen LogP contribution in [-0.4, -0.2) is 46.0 Å². The average Bonchev–Trinajstić information content (AvgIpc) is 2.47. The Hall–Kier alpha value is -1.11. The van der Waals surface area contributed by atoms with E-state index in [2.05, 4.69) is 4.90 Å². The van der Waals surface area contributed by atoms with Crippen molar-refractivity contribution >= 4 is 15.5 Å². The second-order valence-corrected chi connectivity index (χ2v) is 7.33. The summed E-state index contributed by atoms with van der Waals surface area (Å²) in [7, 11) is -3.23. The molecule has 0 radical (unpaired) electrons. The lowest BCUT2D eigenvalue weighted by atomic mass is 10.1. The van der Waals surface area contributed by atoms with Gasteiger partial charge in [0.05, 0.1) is 29.0 Å². The van der Waals surface area contributed by atoms with E-state index in [4.69, 9.17) is 10.5 Å². The number of hydrogen-bond donors (Lipinski definition) is 1. The van der Waals surface area contributed by atoms with Gasteiger partial charge in [-0.1, -0.05) is 19.1 Å². The van der Waals surface area contributed by atoms with E-state index in [-0.39, 0.29) is 17.9 Å². The Balaban J connectivity index is 2.33. The van der Waals surface area contributed by atoms with Crippen LogP contribution in [0.3, 0.4) is 0 Å². The maximum Gasteiger partial charge on any atom is 0.180 e. The van der Waals surface area contributed by atoms with Crippen LogP contribution in [0.25, 0.3) is 0 Å². The van der Waals surface area contributed by atoms with E-state index >= 15 is 0 Å². The van der Waals surface area contributed by atoms with Gasteiger partial charge in [-0.3, -0.25) is 0 Å². The minimum Gasteiger partial charge on any atom is -0.373 e. The average molecular weight is 298 g/mol. The summed E-state index contributed by atoms with van der Waals surface area (Å²) in [5, 5.41) is 0. The van der Waals surface area contributed by atoms with E-state index < -0.39 is 9.84 Å². The Morgan fingerprint density at radius 1 is 1.45 bits per heavy atom. The lowest BCUT2D eigenvalue weighted by Gasteiger charge is -2.36. The molecular formula is C14H22N2O3S. The highest BCUT2D eigenvalue weighted by Crippen LogP contribution is 2.27. The largest absolute Gasteiger partial charge is 0.373 e. The molecule has 1 saturated heterocycles. The molecule has 2 N–H and O–H groups in total. The van der Waals surface area contributed by atoms with Crippen molar-refractivity contribution in [1.29, 1.82) is 0 Å². The fourth-order valence-corrected chi connectivity index (χ4v) is 3.46. The molecule has 1 heterocycles. The monoisotopic (exact) mass is 298 g/mol. The Kier molecular flexibility index (Phi) is 4.67. The number of hydrogen-bond acceptors (Lipinski definition) is 5. The van der Waals surface area contributed by atoms with Crippen LogP contribution in [0.2, 0.25) is 0 Å². The third-order valence-corrected chi connectivity index (χ3v) is 5.38. The first kappa shape index (κ1) is 15.3. The van der Waals surface area contributed by atoms with Crippen LogP contribution in [0.4, 0.5) is 5.69 Å². The van der Waals surface area contributed by atoms with Gasteiger partial charge < -0.3 is 15.4 Å². The highest BCUT2D eigenvalue weighted by molar-refractivity contribution is 7.91. The molecule has 0 saturated carbocycles. The number of rotatable bonds is 4. The van der Waals surface area contributed by atoms with Crippen molar-refractivity contribution in [2.45, 2.75) is 30.9 Å². The van der Waals surface area contributed by atoms with E-state index in [0.717, 1.165) is 5.69 Å². The summed E-state index contributed by atoms with van der Waals surface area (Å²) in [6, 6.07) is 7.07. The van der Waals surface area contributed by atoms with Crippen molar-refractivity contribution in [1.82, 2.24) is 0 Å². The van der Waals surface area contributed by atoms with E-state index in [1.807, 2.05) is 19.1 Å². The smallest absolute Gasteiger partial charge is 0.180 e. The van der Waals surface area contributed by atoms with Crippen molar-refractivity contribution in [3.8, 4) is 0 Å². The Morgan fingerprint density at radius 2 is 2.15 bits per heavy atom. The zero-order valence-corrected chi connectivity index (χ0v) is 12.8. The van der Waals surface area contributed by atoms with Gasteiger partial charge >= 0.3 is 0 Å². The Labute approximate surface area is 120 Å². The summed E-state index contributed by atoms with van der Waals surface area (Å²) in [4.78, 5) is 2.45. The van der Waals surface area contributed by atoms with Crippen molar-refractivity contribution < 1.29 is 13.2 Å². The molecule has 5 nitrogen and oxygen atoms in total. The molecule has 0 amide bonds. The first-order valence-corrected chi connectivity index (χ1v) is 8.55. The molecule has 0 aliphatic carbocycles. The third kappa shape index (κ3) is 3.13. The maximum absolute atomic E-state index is 12.2. The second kappa shape index (κ2) is 6.11. The van der Waals surface area contributed by atoms with Crippen LogP contribution >= 0.6 is 0 Å². The molecule has 6 heteroatoms. The molecule has 2 rings (SSSR count).